The predicted molar refractivity (Wildman–Crippen MR) is 82.2 cm³/mol. The highest BCUT2D eigenvalue weighted by atomic mass is 35.5. The van der Waals surface area contributed by atoms with Crippen LogP contribution in [-0.2, 0) is 0 Å². The van der Waals surface area contributed by atoms with Crippen LogP contribution in [0.25, 0.3) is 0 Å². The Balaban J connectivity index is 0.00000180. The second-order valence-electron chi connectivity index (χ2n) is 5.14. The average Bonchev–Trinajstić information content (AvgIpc) is 2.39. The Morgan fingerprint density at radius 3 is 2.58 bits per heavy atom. The molecule has 1 aliphatic heterocycles. The van der Waals surface area contributed by atoms with Gasteiger partial charge in [0, 0.05) is 17.7 Å². The molecule has 0 atom stereocenters. The van der Waals surface area contributed by atoms with Crippen molar-refractivity contribution in [2.45, 2.75) is 26.2 Å². The van der Waals surface area contributed by atoms with Crippen LogP contribution in [0.2, 0.25) is 0 Å². The van der Waals surface area contributed by atoms with Crippen LogP contribution in [0.3, 0.4) is 0 Å². The highest BCUT2D eigenvalue weighted by Gasteiger charge is 2.16. The lowest BCUT2D eigenvalue weighted by atomic mass is 10.0. The molecular weight excluding hydrogens is 258 g/mol. The number of piperidine rings is 1. The van der Waals surface area contributed by atoms with E-state index in [1.54, 1.807) is 0 Å². The maximum Gasteiger partial charge on any atom is 0.189 e. The zero-order valence-corrected chi connectivity index (χ0v) is 12.3. The molecule has 1 aromatic rings. The van der Waals surface area contributed by atoms with Gasteiger partial charge in [-0.25, -0.2) is 0 Å². The van der Waals surface area contributed by atoms with Crippen LogP contribution >= 0.6 is 12.4 Å². The molecule has 0 radical (unpaired) electrons. The van der Waals surface area contributed by atoms with Crippen molar-refractivity contribution in [3.63, 3.8) is 0 Å². The third kappa shape index (κ3) is 4.48. The summed E-state index contributed by atoms with van der Waals surface area (Å²) in [7, 11) is 0. The van der Waals surface area contributed by atoms with Crippen LogP contribution in [0.5, 0.6) is 0 Å². The fourth-order valence-corrected chi connectivity index (χ4v) is 2.45. The van der Waals surface area contributed by atoms with E-state index in [9.17, 15) is 4.79 Å². The molecule has 2 rings (SSSR count). The number of carbonyl (C=O) groups excluding carboxylic acids is 1. The van der Waals surface area contributed by atoms with E-state index in [1.165, 1.54) is 19.3 Å². The topological polar surface area (TPSA) is 20.3 Å². The Morgan fingerprint density at radius 1 is 1.26 bits per heavy atom. The smallest absolute Gasteiger partial charge is 0.189 e. The summed E-state index contributed by atoms with van der Waals surface area (Å²) in [5.41, 5.74) is 2.59. The van der Waals surface area contributed by atoms with E-state index < -0.39 is 0 Å². The maximum atomic E-state index is 12.2. The lowest BCUT2D eigenvalue weighted by Gasteiger charge is -2.26. The molecule has 0 spiro atoms. The van der Waals surface area contributed by atoms with Gasteiger partial charge in [-0.3, -0.25) is 9.69 Å². The van der Waals surface area contributed by atoms with E-state index >= 15 is 0 Å². The van der Waals surface area contributed by atoms with Gasteiger partial charge >= 0.3 is 0 Å². The molecule has 0 amide bonds. The molecule has 3 heteroatoms. The predicted octanol–water partition coefficient (Wildman–Crippen LogP) is 3.64. The summed E-state index contributed by atoms with van der Waals surface area (Å²) in [4.78, 5) is 14.6. The lowest BCUT2D eigenvalue weighted by Crippen LogP contribution is -2.32. The largest absolute Gasteiger partial charge is 0.299 e. The fourth-order valence-electron chi connectivity index (χ4n) is 2.45. The zero-order chi connectivity index (χ0) is 13.0. The van der Waals surface area contributed by atoms with Crippen molar-refractivity contribution in [3.8, 4) is 0 Å². The van der Waals surface area contributed by atoms with Crippen LogP contribution in [-0.4, -0.2) is 30.3 Å². The van der Waals surface area contributed by atoms with Crippen LogP contribution < -0.4 is 0 Å². The van der Waals surface area contributed by atoms with Crippen molar-refractivity contribution in [1.29, 1.82) is 0 Å². The Labute approximate surface area is 121 Å². The Hall–Kier alpha value is -1.12. The fraction of sp³-hybridized carbons (Fsp3) is 0.438. The van der Waals surface area contributed by atoms with Gasteiger partial charge in [0.2, 0.25) is 0 Å². The standard InChI is InChI=1S/C16H21NO.ClH/c1-13-7-6-8-15(11-13)16(18)14(2)12-17-9-4-3-5-10-17;/h6-8,11H,2-5,9-10,12H2,1H3;1H. The number of carbonyl (C=O) groups is 1. The van der Waals surface area contributed by atoms with Gasteiger partial charge in [0.25, 0.3) is 0 Å². The van der Waals surface area contributed by atoms with Crippen LogP contribution in [0.15, 0.2) is 36.4 Å². The Kier molecular flexibility index (Phi) is 6.26. The van der Waals surface area contributed by atoms with Crippen molar-refractivity contribution < 1.29 is 4.79 Å². The van der Waals surface area contributed by atoms with Gasteiger partial charge in [-0.05, 0) is 38.9 Å². The first-order valence-corrected chi connectivity index (χ1v) is 6.68. The number of benzene rings is 1. The third-order valence-corrected chi connectivity index (χ3v) is 3.46. The molecule has 2 nitrogen and oxygen atoms in total. The molecule has 1 saturated heterocycles. The Morgan fingerprint density at radius 2 is 1.95 bits per heavy atom. The molecule has 0 unspecified atom stereocenters. The summed E-state index contributed by atoms with van der Waals surface area (Å²) in [6, 6.07) is 7.74. The van der Waals surface area contributed by atoms with Gasteiger partial charge in [0.1, 0.15) is 0 Å². The molecule has 0 saturated carbocycles. The number of nitrogens with zero attached hydrogens (tertiary/aromatic N) is 1. The van der Waals surface area contributed by atoms with E-state index in [4.69, 9.17) is 0 Å². The molecule has 0 aromatic heterocycles. The normalized spacial score (nSPS) is 15.6. The van der Waals surface area contributed by atoms with Crippen molar-refractivity contribution in [3.05, 3.63) is 47.5 Å². The van der Waals surface area contributed by atoms with E-state index in [-0.39, 0.29) is 18.2 Å². The second-order valence-corrected chi connectivity index (χ2v) is 5.14. The number of likely N-dealkylation sites (tertiary alicyclic amines) is 1. The summed E-state index contributed by atoms with van der Waals surface area (Å²) >= 11 is 0. The van der Waals surface area contributed by atoms with E-state index in [1.807, 2.05) is 31.2 Å². The molecule has 1 aliphatic rings. The zero-order valence-electron chi connectivity index (χ0n) is 11.5. The molecule has 0 bridgehead atoms. The van der Waals surface area contributed by atoms with Gasteiger partial charge in [0.15, 0.2) is 5.78 Å². The summed E-state index contributed by atoms with van der Waals surface area (Å²) in [5, 5.41) is 0. The van der Waals surface area contributed by atoms with Crippen LogP contribution in [0.4, 0.5) is 0 Å². The number of halogens is 1. The van der Waals surface area contributed by atoms with Gasteiger partial charge in [0.05, 0.1) is 0 Å². The highest BCUT2D eigenvalue weighted by molar-refractivity contribution is 6.08. The highest BCUT2D eigenvalue weighted by Crippen LogP contribution is 2.14. The summed E-state index contributed by atoms with van der Waals surface area (Å²) in [6.07, 6.45) is 3.80. The van der Waals surface area contributed by atoms with Gasteiger partial charge in [-0.15, -0.1) is 12.4 Å². The number of rotatable bonds is 4. The molecule has 0 aliphatic carbocycles. The minimum atomic E-state index is 0. The van der Waals surface area contributed by atoms with Crippen molar-refractivity contribution >= 4 is 18.2 Å². The van der Waals surface area contributed by atoms with Gasteiger partial charge in [-0.2, -0.15) is 0 Å². The molecule has 1 aromatic carbocycles. The minimum absolute atomic E-state index is 0. The first-order valence-electron chi connectivity index (χ1n) is 6.68. The van der Waals surface area contributed by atoms with E-state index in [0.717, 1.165) is 24.2 Å². The monoisotopic (exact) mass is 279 g/mol. The Bertz CT molecular complexity index is 450. The molecule has 1 heterocycles. The minimum Gasteiger partial charge on any atom is -0.299 e. The molecular formula is C16H22ClNO. The van der Waals surface area contributed by atoms with Gasteiger partial charge < -0.3 is 0 Å². The van der Waals surface area contributed by atoms with Crippen LogP contribution in [0, 0.1) is 6.92 Å². The van der Waals surface area contributed by atoms with Crippen molar-refractivity contribution in [2.75, 3.05) is 19.6 Å². The molecule has 0 N–H and O–H groups in total. The summed E-state index contributed by atoms with van der Waals surface area (Å²) in [5.74, 6) is 0.0873. The first-order chi connectivity index (χ1) is 8.66. The van der Waals surface area contributed by atoms with Crippen molar-refractivity contribution in [2.24, 2.45) is 0 Å². The third-order valence-electron chi connectivity index (χ3n) is 3.46. The molecule has 104 valence electrons. The van der Waals surface area contributed by atoms with Crippen molar-refractivity contribution in [1.82, 2.24) is 4.90 Å². The van der Waals surface area contributed by atoms with Gasteiger partial charge in [-0.1, -0.05) is 36.8 Å². The number of ketones is 1. The second kappa shape index (κ2) is 7.46. The lowest BCUT2D eigenvalue weighted by molar-refractivity contribution is 0.102. The van der Waals surface area contributed by atoms with E-state index in [2.05, 4.69) is 11.5 Å². The van der Waals surface area contributed by atoms with E-state index in [0.29, 0.717) is 12.1 Å². The van der Waals surface area contributed by atoms with Crippen LogP contribution in [0.1, 0.15) is 35.2 Å². The SMILES string of the molecule is C=C(CN1CCCCC1)C(=O)c1cccc(C)c1.Cl. The average molecular weight is 280 g/mol. The molecule has 19 heavy (non-hydrogen) atoms. The quantitative estimate of drug-likeness (QED) is 0.619. The number of hydrogen-bond acceptors (Lipinski definition) is 2. The number of hydrogen-bond donors (Lipinski definition) is 0. The maximum absolute atomic E-state index is 12.2. The summed E-state index contributed by atoms with van der Waals surface area (Å²) < 4.78 is 0. The molecule has 1 fully saturated rings. The first kappa shape index (κ1) is 15.9. The number of Topliss-reactive ketones (excluding diaryl/α,β-unsaturated/α-hetero) is 1. The number of aryl methyl sites for hydroxylation is 1. The summed E-state index contributed by atoms with van der Waals surface area (Å²) in [6.45, 7) is 8.88.